The lowest BCUT2D eigenvalue weighted by atomic mass is 9.94. The number of imide groups is 1. The summed E-state index contributed by atoms with van der Waals surface area (Å²) in [6, 6.07) is 8.54. The van der Waals surface area contributed by atoms with E-state index in [4.69, 9.17) is 16.3 Å². The molecule has 5 amide bonds. The maximum atomic E-state index is 13.6. The Bertz CT molecular complexity index is 1330. The van der Waals surface area contributed by atoms with Gasteiger partial charge >= 0.3 is 12.1 Å². The van der Waals surface area contributed by atoms with Gasteiger partial charge in [0, 0.05) is 42.3 Å². The zero-order valence-corrected chi connectivity index (χ0v) is 21.8. The average Bonchev–Trinajstić information content (AvgIpc) is 3.64. The number of carbonyl (C=O) groups excluding carboxylic acids is 4. The molecule has 2 fully saturated rings. The first-order chi connectivity index (χ1) is 18.1. The van der Waals surface area contributed by atoms with Crippen molar-refractivity contribution in [1.82, 2.24) is 15.1 Å². The van der Waals surface area contributed by atoms with E-state index in [-0.39, 0.29) is 30.1 Å². The van der Waals surface area contributed by atoms with Crippen LogP contribution in [0.3, 0.4) is 0 Å². The number of fused-ring (bicyclic) bond motifs is 2. The molecule has 1 saturated carbocycles. The van der Waals surface area contributed by atoms with E-state index in [9.17, 15) is 23.6 Å². The molecule has 0 unspecified atom stereocenters. The van der Waals surface area contributed by atoms with E-state index in [0.29, 0.717) is 29.2 Å². The second-order valence-electron chi connectivity index (χ2n) is 10.00. The van der Waals surface area contributed by atoms with Gasteiger partial charge in [-0.05, 0) is 67.5 Å². The van der Waals surface area contributed by atoms with Crippen LogP contribution in [0.2, 0.25) is 5.02 Å². The molecule has 11 heteroatoms. The number of carbonyl (C=O) groups is 4. The fraction of sp³-hybridized carbons (Fsp3) is 0.407. The van der Waals surface area contributed by atoms with E-state index in [1.165, 1.54) is 25.2 Å². The molecule has 1 saturated heterocycles. The van der Waals surface area contributed by atoms with Crippen molar-refractivity contribution in [2.45, 2.75) is 50.8 Å². The molecule has 0 radical (unpaired) electrons. The molecule has 0 aromatic heterocycles. The number of urea groups is 1. The van der Waals surface area contributed by atoms with Gasteiger partial charge < -0.3 is 20.3 Å². The van der Waals surface area contributed by atoms with Gasteiger partial charge in [-0.25, -0.2) is 18.9 Å². The highest BCUT2D eigenvalue weighted by atomic mass is 35.5. The summed E-state index contributed by atoms with van der Waals surface area (Å²) >= 11 is 6.23. The van der Waals surface area contributed by atoms with Crippen LogP contribution < -0.4 is 10.6 Å². The van der Waals surface area contributed by atoms with Gasteiger partial charge in [-0.15, -0.1) is 0 Å². The summed E-state index contributed by atoms with van der Waals surface area (Å²) < 4.78 is 19.2. The van der Waals surface area contributed by atoms with Crippen LogP contribution in [0, 0.1) is 11.7 Å². The summed E-state index contributed by atoms with van der Waals surface area (Å²) in [6.45, 7) is 1.58. The largest absolute Gasteiger partial charge is 0.427 e. The Morgan fingerprint density at radius 2 is 2.00 bits per heavy atom. The zero-order valence-electron chi connectivity index (χ0n) is 21.1. The minimum Gasteiger partial charge on any atom is -0.427 e. The lowest BCUT2D eigenvalue weighted by Crippen LogP contribution is -2.47. The third-order valence-electron chi connectivity index (χ3n) is 7.61. The quantitative estimate of drug-likeness (QED) is 0.546. The number of amides is 5. The van der Waals surface area contributed by atoms with E-state index in [0.717, 1.165) is 23.3 Å². The standard InChI is InChI=1S/C27H28ClFN4O5/c1-15(16-3-4-16)32(13-18-5-6-19(29)12-22(18)28)23(34)14-33-24(35)27(38-26(33)37)10-9-17-11-20(7-8-21(17)27)31-25(36)30-2/h5-8,11-12,15-16H,3-4,9-10,13-14H2,1-2H3,(H2,30,31,36)/t15-,27+/m0/s1. The molecular formula is C27H28ClFN4O5. The number of hydrogen-bond donors (Lipinski definition) is 2. The second-order valence-corrected chi connectivity index (χ2v) is 10.4. The third-order valence-corrected chi connectivity index (χ3v) is 7.96. The molecule has 1 heterocycles. The highest BCUT2D eigenvalue weighted by Gasteiger charge is 2.58. The van der Waals surface area contributed by atoms with Crippen molar-refractivity contribution in [3.63, 3.8) is 0 Å². The Kier molecular flexibility index (Phi) is 6.77. The van der Waals surface area contributed by atoms with Crippen molar-refractivity contribution in [1.29, 1.82) is 0 Å². The molecule has 200 valence electrons. The molecule has 2 atom stereocenters. The van der Waals surface area contributed by atoms with Crippen LogP contribution in [0.25, 0.3) is 0 Å². The number of aryl methyl sites for hydroxylation is 1. The van der Waals surface area contributed by atoms with Gasteiger partial charge in [-0.2, -0.15) is 0 Å². The van der Waals surface area contributed by atoms with Crippen LogP contribution in [-0.4, -0.2) is 53.4 Å². The molecule has 1 spiro atoms. The molecule has 3 aliphatic rings. The predicted octanol–water partition coefficient (Wildman–Crippen LogP) is 4.18. The fourth-order valence-electron chi connectivity index (χ4n) is 5.28. The van der Waals surface area contributed by atoms with Crippen LogP contribution in [0.4, 0.5) is 19.7 Å². The summed E-state index contributed by atoms with van der Waals surface area (Å²) in [7, 11) is 1.50. The van der Waals surface area contributed by atoms with Crippen LogP contribution in [-0.2, 0) is 32.9 Å². The molecule has 2 aromatic rings. The normalized spacial score (nSPS) is 20.8. The minimum absolute atomic E-state index is 0.127. The monoisotopic (exact) mass is 542 g/mol. The maximum Gasteiger partial charge on any atom is 0.418 e. The lowest BCUT2D eigenvalue weighted by molar-refractivity contribution is -0.143. The van der Waals surface area contributed by atoms with E-state index in [1.807, 2.05) is 6.92 Å². The molecular weight excluding hydrogens is 515 g/mol. The Morgan fingerprint density at radius 1 is 1.24 bits per heavy atom. The topological polar surface area (TPSA) is 108 Å². The van der Waals surface area contributed by atoms with Crippen molar-refractivity contribution in [2.24, 2.45) is 5.92 Å². The van der Waals surface area contributed by atoms with Gasteiger partial charge in [-0.1, -0.05) is 23.7 Å². The summed E-state index contributed by atoms with van der Waals surface area (Å²) in [5.41, 5.74) is 0.961. The number of nitrogens with one attached hydrogen (secondary N) is 2. The van der Waals surface area contributed by atoms with Gasteiger partial charge in [0.15, 0.2) is 0 Å². The van der Waals surface area contributed by atoms with Gasteiger partial charge in [0.25, 0.3) is 5.91 Å². The summed E-state index contributed by atoms with van der Waals surface area (Å²) in [5, 5.41) is 5.36. The Labute approximate surface area is 224 Å². The molecule has 5 rings (SSSR count). The van der Waals surface area contributed by atoms with Crippen molar-refractivity contribution >= 4 is 41.2 Å². The molecule has 0 bridgehead atoms. The van der Waals surface area contributed by atoms with Crippen molar-refractivity contribution in [3.05, 3.63) is 63.9 Å². The van der Waals surface area contributed by atoms with Crippen LogP contribution in [0.15, 0.2) is 36.4 Å². The second kappa shape index (κ2) is 9.90. The number of benzene rings is 2. The fourth-order valence-corrected chi connectivity index (χ4v) is 5.50. The maximum absolute atomic E-state index is 13.6. The smallest absolute Gasteiger partial charge is 0.418 e. The highest BCUT2D eigenvalue weighted by molar-refractivity contribution is 6.31. The Hall–Kier alpha value is -3.66. The summed E-state index contributed by atoms with van der Waals surface area (Å²) in [6.07, 6.45) is 1.79. The Morgan fingerprint density at radius 3 is 2.68 bits per heavy atom. The first-order valence-electron chi connectivity index (χ1n) is 12.5. The molecule has 2 aliphatic carbocycles. The number of rotatable bonds is 7. The first kappa shape index (κ1) is 26.0. The van der Waals surface area contributed by atoms with Gasteiger partial charge in [0.1, 0.15) is 12.4 Å². The van der Waals surface area contributed by atoms with Gasteiger partial charge in [0.2, 0.25) is 11.5 Å². The number of nitrogens with zero attached hydrogens (tertiary/aromatic N) is 2. The van der Waals surface area contributed by atoms with Crippen molar-refractivity contribution in [2.75, 3.05) is 18.9 Å². The van der Waals surface area contributed by atoms with Crippen LogP contribution in [0.1, 0.15) is 42.9 Å². The zero-order chi connectivity index (χ0) is 27.2. The highest BCUT2D eigenvalue weighted by Crippen LogP contribution is 2.46. The SMILES string of the molecule is CNC(=O)Nc1ccc2c(c1)CC[C@@]21OC(=O)N(CC(=O)N(Cc2ccc(F)cc2Cl)[C@@H](C)C2CC2)C1=O. The predicted molar refractivity (Wildman–Crippen MR) is 137 cm³/mol. The molecule has 1 aliphatic heterocycles. The van der Waals surface area contributed by atoms with Crippen LogP contribution >= 0.6 is 11.6 Å². The summed E-state index contributed by atoms with van der Waals surface area (Å²) in [4.78, 5) is 54.2. The van der Waals surface area contributed by atoms with E-state index >= 15 is 0 Å². The number of hydrogen-bond acceptors (Lipinski definition) is 5. The average molecular weight is 543 g/mol. The van der Waals surface area contributed by atoms with E-state index in [1.54, 1.807) is 23.1 Å². The van der Waals surface area contributed by atoms with Crippen molar-refractivity contribution in [3.8, 4) is 0 Å². The Balaban J connectivity index is 1.36. The minimum atomic E-state index is -1.49. The van der Waals surface area contributed by atoms with E-state index in [2.05, 4.69) is 10.6 Å². The van der Waals surface area contributed by atoms with Crippen molar-refractivity contribution < 1.29 is 28.3 Å². The van der Waals surface area contributed by atoms with Gasteiger partial charge in [-0.3, -0.25) is 9.59 Å². The number of halogens is 2. The first-order valence-corrected chi connectivity index (χ1v) is 12.9. The summed E-state index contributed by atoms with van der Waals surface area (Å²) in [5.74, 6) is -1.17. The van der Waals surface area contributed by atoms with Crippen LogP contribution in [0.5, 0.6) is 0 Å². The molecule has 2 N–H and O–H groups in total. The van der Waals surface area contributed by atoms with Gasteiger partial charge in [0.05, 0.1) is 0 Å². The van der Waals surface area contributed by atoms with E-state index < -0.39 is 35.9 Å². The third kappa shape index (κ3) is 4.69. The number of anilines is 1. The number of ether oxygens (including phenoxy) is 1. The lowest BCUT2D eigenvalue weighted by Gasteiger charge is -2.31. The molecule has 38 heavy (non-hydrogen) atoms. The molecule has 2 aromatic carbocycles. The molecule has 9 nitrogen and oxygen atoms in total.